The Morgan fingerprint density at radius 1 is 1.17 bits per heavy atom. The van der Waals surface area contributed by atoms with Gasteiger partial charge in [-0.15, -0.1) is 0 Å². The zero-order valence-electron chi connectivity index (χ0n) is 16.8. The van der Waals surface area contributed by atoms with E-state index in [2.05, 4.69) is 15.0 Å². The van der Waals surface area contributed by atoms with Crippen LogP contribution in [-0.4, -0.2) is 33.2 Å². The van der Waals surface area contributed by atoms with Crippen LogP contribution in [0.15, 0.2) is 47.7 Å². The smallest absolute Gasteiger partial charge is 0.258 e. The van der Waals surface area contributed by atoms with E-state index in [0.29, 0.717) is 47.8 Å². The van der Waals surface area contributed by atoms with Crippen LogP contribution in [0.3, 0.4) is 0 Å². The Kier molecular flexibility index (Phi) is 5.29. The molecule has 1 fully saturated rings. The van der Waals surface area contributed by atoms with Crippen LogP contribution in [-0.2, 0) is 6.54 Å². The van der Waals surface area contributed by atoms with Crippen molar-refractivity contribution >= 4 is 0 Å². The van der Waals surface area contributed by atoms with Gasteiger partial charge in [-0.1, -0.05) is 0 Å². The predicted octanol–water partition coefficient (Wildman–Crippen LogP) is 3.22. The molecule has 0 aromatic carbocycles. The minimum atomic E-state index is -0.0703. The van der Waals surface area contributed by atoms with E-state index in [-0.39, 0.29) is 5.56 Å². The molecule has 7 heteroatoms. The number of pyridine rings is 2. The molecule has 0 aliphatic heterocycles. The van der Waals surface area contributed by atoms with Crippen LogP contribution in [0.5, 0.6) is 11.6 Å². The molecule has 0 radical (unpaired) electrons. The second-order valence-corrected chi connectivity index (χ2v) is 7.19. The molecule has 3 aromatic heterocycles. The van der Waals surface area contributed by atoms with Gasteiger partial charge < -0.3 is 14.0 Å². The number of aryl methyl sites for hydroxylation is 2. The Morgan fingerprint density at radius 2 is 2.03 bits per heavy atom. The highest BCUT2D eigenvalue weighted by Gasteiger charge is 2.40. The fourth-order valence-corrected chi connectivity index (χ4v) is 3.45. The van der Waals surface area contributed by atoms with Crippen LogP contribution in [0.2, 0.25) is 0 Å². The quantitative estimate of drug-likeness (QED) is 0.614. The zero-order chi connectivity index (χ0) is 20.4. The number of hydrogen-bond donors (Lipinski definition) is 0. The summed E-state index contributed by atoms with van der Waals surface area (Å²) in [6.45, 7) is 4.88. The number of rotatable bonds is 7. The lowest BCUT2D eigenvalue weighted by molar-refractivity contribution is 0.285. The number of methoxy groups -OCH3 is 1. The summed E-state index contributed by atoms with van der Waals surface area (Å²) in [4.78, 5) is 25.9. The topological polar surface area (TPSA) is 79.1 Å². The van der Waals surface area contributed by atoms with Gasteiger partial charge in [0.25, 0.3) is 5.56 Å². The van der Waals surface area contributed by atoms with Crippen LogP contribution >= 0.6 is 0 Å². The minimum absolute atomic E-state index is 0.0703. The van der Waals surface area contributed by atoms with Crippen molar-refractivity contribution in [2.75, 3.05) is 13.7 Å². The molecule has 2 atom stereocenters. The Hall–Kier alpha value is -3.22. The Bertz CT molecular complexity index is 1060. The first-order chi connectivity index (χ1) is 14.1. The van der Waals surface area contributed by atoms with E-state index in [1.54, 1.807) is 36.3 Å². The van der Waals surface area contributed by atoms with Gasteiger partial charge in [0.05, 0.1) is 31.0 Å². The third kappa shape index (κ3) is 3.99. The number of nitrogens with zero attached hydrogens (tertiary/aromatic N) is 4. The van der Waals surface area contributed by atoms with E-state index < -0.39 is 0 Å². The van der Waals surface area contributed by atoms with Gasteiger partial charge in [0.15, 0.2) is 0 Å². The molecule has 29 heavy (non-hydrogen) atoms. The molecule has 150 valence electrons. The number of hydrogen-bond acceptors (Lipinski definition) is 6. The van der Waals surface area contributed by atoms with Crippen molar-refractivity contribution in [1.82, 2.24) is 19.5 Å². The standard InChI is InChI=1S/C22H24N4O3/c1-4-26-9-5-6-17(22(26)27)19-12-23-14(2)25-21(19)29-13-15-10-18(15)20-8-7-16(28-3)11-24-20/h5-9,11-12,15,18H,4,10,13H2,1-3H3/t15-,18+/m1/s1. The van der Waals surface area contributed by atoms with E-state index >= 15 is 0 Å². The fraction of sp³-hybridized carbons (Fsp3) is 0.364. The molecule has 0 bridgehead atoms. The SMILES string of the molecule is CCn1cccc(-c2cnc(C)nc2OC[C@H]2C[C@@H]2c2ccc(OC)cn2)c1=O. The summed E-state index contributed by atoms with van der Waals surface area (Å²) in [6, 6.07) is 7.58. The van der Waals surface area contributed by atoms with Crippen molar-refractivity contribution in [3.8, 4) is 22.8 Å². The molecule has 1 aliphatic carbocycles. The van der Waals surface area contributed by atoms with Crippen LogP contribution in [0, 0.1) is 12.8 Å². The Balaban J connectivity index is 1.51. The summed E-state index contributed by atoms with van der Waals surface area (Å²) in [6.07, 6.45) is 6.21. The first-order valence-electron chi connectivity index (χ1n) is 9.77. The van der Waals surface area contributed by atoms with E-state index in [0.717, 1.165) is 17.9 Å². The molecule has 0 amide bonds. The monoisotopic (exact) mass is 392 g/mol. The fourth-order valence-electron chi connectivity index (χ4n) is 3.45. The summed E-state index contributed by atoms with van der Waals surface area (Å²) in [7, 11) is 1.63. The van der Waals surface area contributed by atoms with Crippen LogP contribution < -0.4 is 15.0 Å². The summed E-state index contributed by atoms with van der Waals surface area (Å²) in [5, 5.41) is 0. The van der Waals surface area contributed by atoms with E-state index in [9.17, 15) is 4.79 Å². The average molecular weight is 392 g/mol. The van der Waals surface area contributed by atoms with Crippen molar-refractivity contribution in [2.24, 2.45) is 5.92 Å². The second-order valence-electron chi connectivity index (χ2n) is 7.19. The van der Waals surface area contributed by atoms with Crippen molar-refractivity contribution < 1.29 is 9.47 Å². The molecule has 4 rings (SSSR count). The lowest BCUT2D eigenvalue weighted by atomic mass is 10.1. The molecule has 1 saturated carbocycles. The van der Waals surface area contributed by atoms with Gasteiger partial charge >= 0.3 is 0 Å². The highest BCUT2D eigenvalue weighted by Crippen LogP contribution is 2.47. The third-order valence-corrected chi connectivity index (χ3v) is 5.26. The normalized spacial score (nSPS) is 17.8. The summed E-state index contributed by atoms with van der Waals surface area (Å²) in [5.41, 5.74) is 2.16. The van der Waals surface area contributed by atoms with E-state index in [4.69, 9.17) is 9.47 Å². The highest BCUT2D eigenvalue weighted by molar-refractivity contribution is 5.66. The van der Waals surface area contributed by atoms with E-state index in [1.807, 2.05) is 32.0 Å². The molecule has 0 unspecified atom stereocenters. The van der Waals surface area contributed by atoms with Crippen molar-refractivity contribution in [3.05, 3.63) is 64.7 Å². The first kappa shape index (κ1) is 19.1. The maximum atomic E-state index is 12.7. The Labute approximate surface area is 169 Å². The third-order valence-electron chi connectivity index (χ3n) is 5.26. The maximum Gasteiger partial charge on any atom is 0.258 e. The van der Waals surface area contributed by atoms with Crippen molar-refractivity contribution in [2.45, 2.75) is 32.7 Å². The Morgan fingerprint density at radius 3 is 2.76 bits per heavy atom. The van der Waals surface area contributed by atoms with Gasteiger partial charge in [0.1, 0.15) is 11.6 Å². The van der Waals surface area contributed by atoms with Gasteiger partial charge in [-0.05, 0) is 44.5 Å². The van der Waals surface area contributed by atoms with Crippen LogP contribution in [0.4, 0.5) is 0 Å². The van der Waals surface area contributed by atoms with Crippen LogP contribution in [0.1, 0.15) is 30.8 Å². The maximum absolute atomic E-state index is 12.7. The number of ether oxygens (including phenoxy) is 2. The van der Waals surface area contributed by atoms with Gasteiger partial charge in [-0.2, -0.15) is 4.98 Å². The minimum Gasteiger partial charge on any atom is -0.495 e. The van der Waals surface area contributed by atoms with E-state index in [1.165, 1.54) is 0 Å². The molecule has 1 aliphatic rings. The zero-order valence-corrected chi connectivity index (χ0v) is 16.8. The molecular weight excluding hydrogens is 368 g/mol. The van der Waals surface area contributed by atoms with Gasteiger partial charge in [0.2, 0.25) is 5.88 Å². The van der Waals surface area contributed by atoms with Gasteiger partial charge in [-0.25, -0.2) is 4.98 Å². The summed E-state index contributed by atoms with van der Waals surface area (Å²) in [5.74, 6) is 2.57. The second kappa shape index (κ2) is 8.03. The molecule has 3 aromatic rings. The van der Waals surface area contributed by atoms with Crippen molar-refractivity contribution in [1.29, 1.82) is 0 Å². The van der Waals surface area contributed by atoms with Crippen LogP contribution in [0.25, 0.3) is 11.1 Å². The molecule has 7 nitrogen and oxygen atoms in total. The molecule has 0 spiro atoms. The summed E-state index contributed by atoms with van der Waals surface area (Å²) >= 11 is 0. The lowest BCUT2D eigenvalue weighted by Gasteiger charge is -2.12. The lowest BCUT2D eigenvalue weighted by Crippen LogP contribution is -2.20. The molecule has 0 saturated heterocycles. The largest absolute Gasteiger partial charge is 0.495 e. The molecule has 3 heterocycles. The first-order valence-corrected chi connectivity index (χ1v) is 9.77. The predicted molar refractivity (Wildman–Crippen MR) is 109 cm³/mol. The average Bonchev–Trinajstić information content (AvgIpc) is 3.52. The molecular formula is C22H24N4O3. The van der Waals surface area contributed by atoms with Gasteiger partial charge in [-0.3, -0.25) is 9.78 Å². The number of aromatic nitrogens is 4. The molecule has 0 N–H and O–H groups in total. The highest BCUT2D eigenvalue weighted by atomic mass is 16.5. The van der Waals surface area contributed by atoms with Gasteiger partial charge in [0, 0.05) is 36.5 Å². The summed E-state index contributed by atoms with van der Waals surface area (Å²) < 4.78 is 12.9. The van der Waals surface area contributed by atoms with Crippen molar-refractivity contribution in [3.63, 3.8) is 0 Å².